The van der Waals surface area contributed by atoms with Crippen LogP contribution in [-0.4, -0.2) is 18.4 Å². The molecule has 0 saturated heterocycles. The highest BCUT2D eigenvalue weighted by Crippen LogP contribution is 2.27. The van der Waals surface area contributed by atoms with Gasteiger partial charge in [0.1, 0.15) is 5.75 Å². The molecular weight excluding hydrogens is 375 g/mol. The Kier molecular flexibility index (Phi) is 5.69. The molecule has 1 aliphatic rings. The van der Waals surface area contributed by atoms with Crippen molar-refractivity contribution in [3.8, 4) is 5.75 Å². The summed E-state index contributed by atoms with van der Waals surface area (Å²) in [6.45, 7) is 1.73. The van der Waals surface area contributed by atoms with Gasteiger partial charge in [-0.05, 0) is 54.8 Å². The first-order chi connectivity index (χ1) is 12.4. The third kappa shape index (κ3) is 4.48. The lowest BCUT2D eigenvalue weighted by Gasteiger charge is -2.18. The highest BCUT2D eigenvalue weighted by molar-refractivity contribution is 6.35. The predicted octanol–water partition coefficient (Wildman–Crippen LogP) is 4.13. The maximum absolute atomic E-state index is 12.1. The molecule has 5 nitrogen and oxygen atoms in total. The minimum atomic E-state index is -0.269. The monoisotopic (exact) mass is 392 g/mol. The topological polar surface area (TPSA) is 67.4 Å². The molecule has 26 heavy (non-hydrogen) atoms. The molecule has 0 fully saturated rings. The lowest BCUT2D eigenvalue weighted by molar-refractivity contribution is -0.123. The summed E-state index contributed by atoms with van der Waals surface area (Å²) < 4.78 is 5.57. The van der Waals surface area contributed by atoms with Gasteiger partial charge in [-0.25, -0.2) is 0 Å². The highest BCUT2D eigenvalue weighted by Gasteiger charge is 2.16. The zero-order valence-corrected chi connectivity index (χ0v) is 15.7. The fourth-order valence-electron chi connectivity index (χ4n) is 2.81. The molecule has 0 aromatic heterocycles. The number of nitrogens with one attached hydrogen (secondary N) is 2. The second-order valence-corrected chi connectivity index (χ2v) is 6.95. The number of benzene rings is 2. The van der Waals surface area contributed by atoms with Crippen LogP contribution < -0.4 is 15.4 Å². The lowest BCUT2D eigenvalue weighted by atomic mass is 10.0. The number of halogens is 2. The second-order valence-electron chi connectivity index (χ2n) is 6.11. The van der Waals surface area contributed by atoms with Gasteiger partial charge in [0.05, 0.1) is 6.04 Å². The number of carbonyl (C=O) groups excluding carboxylic acids is 2. The first-order valence-corrected chi connectivity index (χ1v) is 8.98. The van der Waals surface area contributed by atoms with Crippen molar-refractivity contribution >= 4 is 40.7 Å². The first kappa shape index (κ1) is 18.5. The minimum absolute atomic E-state index is 0.0143. The number of carbonyl (C=O) groups is 2. The Morgan fingerprint density at radius 2 is 2.04 bits per heavy atom. The Bertz CT molecular complexity index is 855. The fourth-order valence-corrected chi connectivity index (χ4v) is 3.38. The quantitative estimate of drug-likeness (QED) is 0.803. The van der Waals surface area contributed by atoms with Gasteiger partial charge in [-0.1, -0.05) is 29.3 Å². The molecule has 2 aromatic carbocycles. The number of aryl methyl sites for hydroxylation is 1. The zero-order chi connectivity index (χ0) is 18.7. The number of amides is 2. The Morgan fingerprint density at radius 1 is 1.23 bits per heavy atom. The van der Waals surface area contributed by atoms with Crippen LogP contribution in [0.4, 0.5) is 5.69 Å². The Hall–Kier alpha value is -2.24. The molecule has 2 N–H and O–H groups in total. The minimum Gasteiger partial charge on any atom is -0.484 e. The normalized spacial score (nSPS) is 14.2. The summed E-state index contributed by atoms with van der Waals surface area (Å²) in [5, 5.41) is 6.70. The lowest BCUT2D eigenvalue weighted by Crippen LogP contribution is -2.31. The van der Waals surface area contributed by atoms with Crippen molar-refractivity contribution in [1.29, 1.82) is 0 Å². The largest absolute Gasteiger partial charge is 0.484 e. The number of anilines is 1. The van der Waals surface area contributed by atoms with Crippen LogP contribution in [0.5, 0.6) is 5.75 Å². The van der Waals surface area contributed by atoms with E-state index in [-0.39, 0.29) is 24.5 Å². The number of rotatable bonds is 5. The van der Waals surface area contributed by atoms with Crippen molar-refractivity contribution in [2.75, 3.05) is 11.9 Å². The van der Waals surface area contributed by atoms with E-state index in [1.165, 1.54) is 0 Å². The van der Waals surface area contributed by atoms with Gasteiger partial charge in [0.2, 0.25) is 5.91 Å². The fraction of sp³-hybridized carbons (Fsp3) is 0.263. The first-order valence-electron chi connectivity index (χ1n) is 8.22. The molecule has 2 aromatic rings. The highest BCUT2D eigenvalue weighted by atomic mass is 35.5. The van der Waals surface area contributed by atoms with Crippen LogP contribution >= 0.6 is 23.2 Å². The van der Waals surface area contributed by atoms with Crippen molar-refractivity contribution < 1.29 is 14.3 Å². The Morgan fingerprint density at radius 3 is 2.81 bits per heavy atom. The van der Waals surface area contributed by atoms with Gasteiger partial charge in [0, 0.05) is 22.2 Å². The summed E-state index contributed by atoms with van der Waals surface area (Å²) in [4.78, 5) is 23.5. The molecule has 0 bridgehead atoms. The van der Waals surface area contributed by atoms with Crippen molar-refractivity contribution in [2.24, 2.45) is 0 Å². The maximum atomic E-state index is 12.1. The van der Waals surface area contributed by atoms with E-state index in [1.807, 2.05) is 13.0 Å². The number of ether oxygens (including phenoxy) is 1. The molecule has 7 heteroatoms. The number of hydrogen-bond donors (Lipinski definition) is 2. The van der Waals surface area contributed by atoms with E-state index in [0.717, 1.165) is 16.8 Å². The van der Waals surface area contributed by atoms with E-state index in [4.69, 9.17) is 27.9 Å². The molecule has 3 rings (SSSR count). The van der Waals surface area contributed by atoms with Gasteiger partial charge in [-0.3, -0.25) is 9.59 Å². The summed E-state index contributed by atoms with van der Waals surface area (Å²) >= 11 is 12.1. The Labute approximate surface area is 161 Å². The molecule has 0 aliphatic carbocycles. The molecule has 2 amide bonds. The molecule has 1 atom stereocenters. The molecule has 1 aliphatic heterocycles. The standard InChI is InChI=1S/C19H18Cl2N2O3/c1-11(15-5-3-13(20)9-16(15)21)22-19(25)10-26-14-4-6-17-12(8-14)2-7-18(24)23-17/h3-6,8-9,11H,2,7,10H2,1H3,(H,22,25)(H,23,24)/t11-/m1/s1. The molecule has 136 valence electrons. The molecular formula is C19H18Cl2N2O3. The van der Waals surface area contributed by atoms with Crippen LogP contribution in [0.2, 0.25) is 10.0 Å². The smallest absolute Gasteiger partial charge is 0.258 e. The SMILES string of the molecule is C[C@@H](NC(=O)COc1ccc2c(c1)CCC(=O)N2)c1ccc(Cl)cc1Cl. The van der Waals surface area contributed by atoms with Gasteiger partial charge in [0.25, 0.3) is 5.91 Å². The van der Waals surface area contributed by atoms with Crippen LogP contribution in [-0.2, 0) is 16.0 Å². The van der Waals surface area contributed by atoms with Crippen LogP contribution in [0.15, 0.2) is 36.4 Å². The van der Waals surface area contributed by atoms with E-state index in [0.29, 0.717) is 28.6 Å². The predicted molar refractivity (Wildman–Crippen MR) is 102 cm³/mol. The van der Waals surface area contributed by atoms with E-state index in [2.05, 4.69) is 10.6 Å². The molecule has 1 heterocycles. The molecule has 0 radical (unpaired) electrons. The average Bonchev–Trinajstić information content (AvgIpc) is 2.59. The van der Waals surface area contributed by atoms with Gasteiger partial charge < -0.3 is 15.4 Å². The van der Waals surface area contributed by atoms with E-state index in [9.17, 15) is 9.59 Å². The number of hydrogen-bond acceptors (Lipinski definition) is 3. The van der Waals surface area contributed by atoms with Crippen LogP contribution in [0.3, 0.4) is 0 Å². The summed E-state index contributed by atoms with van der Waals surface area (Å²) in [6, 6.07) is 10.3. The van der Waals surface area contributed by atoms with Crippen molar-refractivity contribution in [3.05, 3.63) is 57.6 Å². The second kappa shape index (κ2) is 7.98. The average molecular weight is 393 g/mol. The van der Waals surface area contributed by atoms with Gasteiger partial charge in [-0.15, -0.1) is 0 Å². The summed E-state index contributed by atoms with van der Waals surface area (Å²) in [5.41, 5.74) is 2.59. The van der Waals surface area contributed by atoms with Crippen molar-refractivity contribution in [1.82, 2.24) is 5.32 Å². The Balaban J connectivity index is 1.56. The van der Waals surface area contributed by atoms with Gasteiger partial charge in [0.15, 0.2) is 6.61 Å². The third-order valence-corrected chi connectivity index (χ3v) is 4.71. The van der Waals surface area contributed by atoms with Crippen LogP contribution in [0.1, 0.15) is 30.5 Å². The third-order valence-electron chi connectivity index (χ3n) is 4.15. The zero-order valence-electron chi connectivity index (χ0n) is 14.1. The molecule has 0 saturated carbocycles. The van der Waals surface area contributed by atoms with Crippen molar-refractivity contribution in [2.45, 2.75) is 25.8 Å². The molecule has 0 unspecified atom stereocenters. The summed E-state index contributed by atoms with van der Waals surface area (Å²) in [7, 11) is 0. The van der Waals surface area contributed by atoms with Crippen LogP contribution in [0, 0.1) is 0 Å². The molecule has 0 spiro atoms. The maximum Gasteiger partial charge on any atom is 0.258 e. The van der Waals surface area contributed by atoms with Gasteiger partial charge in [-0.2, -0.15) is 0 Å². The van der Waals surface area contributed by atoms with E-state index >= 15 is 0 Å². The number of fused-ring (bicyclic) bond motifs is 1. The van der Waals surface area contributed by atoms with Gasteiger partial charge >= 0.3 is 0 Å². The van der Waals surface area contributed by atoms with Crippen LogP contribution in [0.25, 0.3) is 0 Å². The van der Waals surface area contributed by atoms with Crippen molar-refractivity contribution in [3.63, 3.8) is 0 Å². The summed E-state index contributed by atoms with van der Waals surface area (Å²) in [6.07, 6.45) is 1.12. The van der Waals surface area contributed by atoms with E-state index in [1.54, 1.807) is 30.3 Å². The summed E-state index contributed by atoms with van der Waals surface area (Å²) in [5.74, 6) is 0.349. The van der Waals surface area contributed by atoms with E-state index < -0.39 is 0 Å².